The summed E-state index contributed by atoms with van der Waals surface area (Å²) in [6.45, 7) is 4.10. The second kappa shape index (κ2) is 6.02. The molecule has 0 unspecified atom stereocenters. The molecule has 2 heterocycles. The molecule has 0 amide bonds. The number of hydrogen-bond acceptors (Lipinski definition) is 5. The molecule has 22 heavy (non-hydrogen) atoms. The molecule has 112 valence electrons. The van der Waals surface area contributed by atoms with E-state index in [9.17, 15) is 4.79 Å². The Hall–Kier alpha value is -1.98. The Labute approximate surface area is 136 Å². The highest BCUT2D eigenvalue weighted by atomic mass is 35.5. The van der Waals surface area contributed by atoms with Gasteiger partial charge in [0, 0.05) is 10.9 Å². The van der Waals surface area contributed by atoms with Gasteiger partial charge in [0.2, 0.25) is 0 Å². The molecule has 3 aromatic rings. The molecule has 0 saturated heterocycles. The lowest BCUT2D eigenvalue weighted by atomic mass is 10.1. The summed E-state index contributed by atoms with van der Waals surface area (Å²) < 4.78 is 5.03. The van der Waals surface area contributed by atoms with Gasteiger partial charge in [0.05, 0.1) is 17.6 Å². The fourth-order valence-corrected chi connectivity index (χ4v) is 3.32. The standard InChI is InChI=1S/C16H13ClN2O2S/c1-3-21-16(20)11-8-22-15-12(11)13(17)18-14(19-15)10-6-4-9(2)5-7-10/h4-8H,3H2,1-2H3. The van der Waals surface area contributed by atoms with Crippen molar-refractivity contribution in [3.63, 3.8) is 0 Å². The summed E-state index contributed by atoms with van der Waals surface area (Å²) in [5, 5.41) is 2.54. The lowest BCUT2D eigenvalue weighted by molar-refractivity contribution is 0.0529. The Kier molecular flexibility index (Phi) is 4.09. The molecule has 0 radical (unpaired) electrons. The van der Waals surface area contributed by atoms with Gasteiger partial charge in [0.25, 0.3) is 0 Å². The van der Waals surface area contributed by atoms with Gasteiger partial charge in [-0.05, 0) is 13.8 Å². The number of halogens is 1. The summed E-state index contributed by atoms with van der Waals surface area (Å²) in [6, 6.07) is 7.89. The van der Waals surface area contributed by atoms with Crippen LogP contribution in [-0.4, -0.2) is 22.5 Å². The minimum atomic E-state index is -0.401. The largest absolute Gasteiger partial charge is 0.462 e. The predicted octanol–water partition coefficient (Wildman–Crippen LogP) is 4.50. The quantitative estimate of drug-likeness (QED) is 0.523. The van der Waals surface area contributed by atoms with Crippen molar-refractivity contribution in [2.24, 2.45) is 0 Å². The summed E-state index contributed by atoms with van der Waals surface area (Å²) in [5.41, 5.74) is 2.47. The van der Waals surface area contributed by atoms with E-state index in [-0.39, 0.29) is 5.15 Å². The number of esters is 1. The second-order valence-electron chi connectivity index (χ2n) is 4.75. The summed E-state index contributed by atoms with van der Waals surface area (Å²) >= 11 is 7.64. The first-order valence-electron chi connectivity index (χ1n) is 6.79. The van der Waals surface area contributed by atoms with Gasteiger partial charge in [0.1, 0.15) is 9.98 Å². The zero-order valence-electron chi connectivity index (χ0n) is 12.1. The van der Waals surface area contributed by atoms with Gasteiger partial charge in [0.15, 0.2) is 5.82 Å². The molecular formula is C16H13ClN2O2S. The summed E-state index contributed by atoms with van der Waals surface area (Å²) in [4.78, 5) is 21.5. The first-order valence-corrected chi connectivity index (χ1v) is 8.04. The van der Waals surface area contributed by atoms with E-state index >= 15 is 0 Å². The van der Waals surface area contributed by atoms with Crippen molar-refractivity contribution in [2.45, 2.75) is 13.8 Å². The number of benzene rings is 1. The Balaban J connectivity index is 2.10. The van der Waals surface area contributed by atoms with Crippen LogP contribution < -0.4 is 0 Å². The Bertz CT molecular complexity index is 843. The maximum Gasteiger partial charge on any atom is 0.339 e. The monoisotopic (exact) mass is 332 g/mol. The Morgan fingerprint density at radius 2 is 2.00 bits per heavy atom. The summed E-state index contributed by atoms with van der Waals surface area (Å²) in [6.07, 6.45) is 0. The van der Waals surface area contributed by atoms with Crippen LogP contribution in [0, 0.1) is 6.92 Å². The molecule has 0 fully saturated rings. The van der Waals surface area contributed by atoms with E-state index in [2.05, 4.69) is 9.97 Å². The number of fused-ring (bicyclic) bond motifs is 1. The van der Waals surface area contributed by atoms with Gasteiger partial charge in [-0.25, -0.2) is 14.8 Å². The van der Waals surface area contributed by atoms with E-state index in [0.717, 1.165) is 11.1 Å². The van der Waals surface area contributed by atoms with Crippen LogP contribution >= 0.6 is 22.9 Å². The number of carbonyl (C=O) groups is 1. The molecule has 0 aliphatic carbocycles. The molecule has 0 aliphatic rings. The Morgan fingerprint density at radius 1 is 1.27 bits per heavy atom. The van der Waals surface area contributed by atoms with E-state index in [4.69, 9.17) is 16.3 Å². The maximum atomic E-state index is 11.9. The van der Waals surface area contributed by atoms with Crippen molar-refractivity contribution in [3.8, 4) is 11.4 Å². The molecule has 3 rings (SSSR count). The van der Waals surface area contributed by atoms with Crippen molar-refractivity contribution in [2.75, 3.05) is 6.61 Å². The topological polar surface area (TPSA) is 52.1 Å². The minimum absolute atomic E-state index is 0.268. The molecule has 1 aromatic carbocycles. The molecule has 0 aliphatic heterocycles. The highest BCUT2D eigenvalue weighted by Crippen LogP contribution is 2.32. The molecule has 0 saturated carbocycles. The molecule has 0 N–H and O–H groups in total. The normalized spacial score (nSPS) is 10.9. The van der Waals surface area contributed by atoms with Crippen LogP contribution in [0.5, 0.6) is 0 Å². The van der Waals surface area contributed by atoms with Crippen LogP contribution in [0.3, 0.4) is 0 Å². The lowest BCUT2D eigenvalue weighted by Gasteiger charge is -2.04. The highest BCUT2D eigenvalue weighted by Gasteiger charge is 2.19. The first kappa shape index (κ1) is 14.9. The van der Waals surface area contributed by atoms with Crippen LogP contribution in [0.15, 0.2) is 29.6 Å². The number of carbonyl (C=O) groups excluding carboxylic acids is 1. The maximum absolute atomic E-state index is 11.9. The van der Waals surface area contributed by atoms with Gasteiger partial charge in [-0.3, -0.25) is 0 Å². The molecule has 6 heteroatoms. The van der Waals surface area contributed by atoms with Gasteiger partial charge in [-0.15, -0.1) is 11.3 Å². The van der Waals surface area contributed by atoms with Gasteiger partial charge < -0.3 is 4.74 Å². The zero-order valence-corrected chi connectivity index (χ0v) is 13.7. The molecule has 0 bridgehead atoms. The van der Waals surface area contributed by atoms with Crippen LogP contribution in [0.1, 0.15) is 22.8 Å². The second-order valence-corrected chi connectivity index (χ2v) is 5.97. The molecule has 0 spiro atoms. The van der Waals surface area contributed by atoms with Crippen molar-refractivity contribution in [1.29, 1.82) is 0 Å². The lowest BCUT2D eigenvalue weighted by Crippen LogP contribution is -2.04. The van der Waals surface area contributed by atoms with E-state index in [1.807, 2.05) is 31.2 Å². The van der Waals surface area contributed by atoms with Gasteiger partial charge >= 0.3 is 5.97 Å². The number of thiophene rings is 1. The van der Waals surface area contributed by atoms with E-state index < -0.39 is 5.97 Å². The van der Waals surface area contributed by atoms with Crippen LogP contribution in [-0.2, 0) is 4.74 Å². The van der Waals surface area contributed by atoms with Gasteiger partial charge in [-0.1, -0.05) is 41.4 Å². The zero-order chi connectivity index (χ0) is 15.7. The van der Waals surface area contributed by atoms with E-state index in [1.54, 1.807) is 12.3 Å². The SMILES string of the molecule is CCOC(=O)c1csc2nc(-c3ccc(C)cc3)nc(Cl)c12. The third-order valence-corrected chi connectivity index (χ3v) is 4.34. The average molecular weight is 333 g/mol. The van der Waals surface area contributed by atoms with Crippen molar-refractivity contribution in [1.82, 2.24) is 9.97 Å². The van der Waals surface area contributed by atoms with E-state index in [0.29, 0.717) is 28.2 Å². The van der Waals surface area contributed by atoms with Crippen molar-refractivity contribution in [3.05, 3.63) is 45.9 Å². The fourth-order valence-electron chi connectivity index (χ4n) is 2.09. The number of aryl methyl sites for hydroxylation is 1. The third kappa shape index (κ3) is 2.69. The molecule has 4 nitrogen and oxygen atoms in total. The highest BCUT2D eigenvalue weighted by molar-refractivity contribution is 7.17. The minimum Gasteiger partial charge on any atom is -0.462 e. The summed E-state index contributed by atoms with van der Waals surface area (Å²) in [7, 11) is 0. The smallest absolute Gasteiger partial charge is 0.339 e. The van der Waals surface area contributed by atoms with Crippen molar-refractivity contribution < 1.29 is 9.53 Å². The molecule has 0 atom stereocenters. The number of nitrogens with zero attached hydrogens (tertiary/aromatic N) is 2. The average Bonchev–Trinajstić information content (AvgIpc) is 2.93. The number of hydrogen-bond donors (Lipinski definition) is 0. The van der Waals surface area contributed by atoms with Crippen molar-refractivity contribution >= 4 is 39.1 Å². The number of rotatable bonds is 3. The van der Waals surface area contributed by atoms with E-state index in [1.165, 1.54) is 11.3 Å². The summed E-state index contributed by atoms with van der Waals surface area (Å²) in [5.74, 6) is 0.150. The van der Waals surface area contributed by atoms with Crippen LogP contribution in [0.4, 0.5) is 0 Å². The Morgan fingerprint density at radius 3 is 2.68 bits per heavy atom. The first-order chi connectivity index (χ1) is 10.6. The van der Waals surface area contributed by atoms with Gasteiger partial charge in [-0.2, -0.15) is 0 Å². The molecular weight excluding hydrogens is 320 g/mol. The number of aromatic nitrogens is 2. The van der Waals surface area contributed by atoms with Crippen LogP contribution in [0.25, 0.3) is 21.6 Å². The third-order valence-electron chi connectivity index (χ3n) is 3.19. The predicted molar refractivity (Wildman–Crippen MR) is 88.6 cm³/mol. The fraction of sp³-hybridized carbons (Fsp3) is 0.188. The number of ether oxygens (including phenoxy) is 1. The molecule has 2 aromatic heterocycles. The van der Waals surface area contributed by atoms with Crippen LogP contribution in [0.2, 0.25) is 5.15 Å².